The Bertz CT molecular complexity index is 911. The largest absolute Gasteiger partial charge is 0.451 e. The SMILES string of the molecule is CCCCP(c1ccc(C(=O)NCCOCCOCCN)o1)c1ccc(C(=O)N2CCOCC2)o1. The highest BCUT2D eigenvalue weighted by atomic mass is 31.1. The van der Waals surface area contributed by atoms with E-state index in [0.717, 1.165) is 24.5 Å². The van der Waals surface area contributed by atoms with Crippen molar-refractivity contribution in [1.29, 1.82) is 0 Å². The van der Waals surface area contributed by atoms with Gasteiger partial charge in [0.25, 0.3) is 11.8 Å². The summed E-state index contributed by atoms with van der Waals surface area (Å²) in [6.07, 6.45) is 2.84. The lowest BCUT2D eigenvalue weighted by molar-refractivity contribution is 0.0284. The van der Waals surface area contributed by atoms with Gasteiger partial charge in [-0.1, -0.05) is 13.3 Å². The van der Waals surface area contributed by atoms with E-state index in [-0.39, 0.29) is 17.6 Å². The number of carbonyl (C=O) groups excluding carboxylic acids is 2. The summed E-state index contributed by atoms with van der Waals surface area (Å²) < 4.78 is 27.9. The first-order valence-electron chi connectivity index (χ1n) is 12.1. The zero-order valence-corrected chi connectivity index (χ0v) is 21.2. The van der Waals surface area contributed by atoms with Gasteiger partial charge in [0.1, 0.15) is 11.0 Å². The van der Waals surface area contributed by atoms with Gasteiger partial charge in [0.2, 0.25) is 0 Å². The first-order chi connectivity index (χ1) is 17.1. The number of nitrogens with one attached hydrogen (secondary N) is 1. The maximum Gasteiger partial charge on any atom is 0.289 e. The Morgan fingerprint density at radius 2 is 1.66 bits per heavy atom. The summed E-state index contributed by atoms with van der Waals surface area (Å²) in [5.41, 5.74) is 6.77. The van der Waals surface area contributed by atoms with Crippen LogP contribution in [-0.2, 0) is 14.2 Å². The van der Waals surface area contributed by atoms with Gasteiger partial charge in [-0.25, -0.2) is 0 Å². The van der Waals surface area contributed by atoms with Crippen molar-refractivity contribution in [2.75, 3.05) is 72.0 Å². The van der Waals surface area contributed by atoms with Crippen molar-refractivity contribution in [2.45, 2.75) is 19.8 Å². The highest BCUT2D eigenvalue weighted by molar-refractivity contribution is 7.72. The highest BCUT2D eigenvalue weighted by Crippen LogP contribution is 2.36. The molecule has 2 aromatic heterocycles. The molecule has 3 rings (SSSR count). The molecule has 0 bridgehead atoms. The van der Waals surface area contributed by atoms with Crippen molar-refractivity contribution >= 4 is 30.7 Å². The second-order valence-electron chi connectivity index (χ2n) is 7.95. The van der Waals surface area contributed by atoms with Gasteiger partial charge < -0.3 is 39.0 Å². The zero-order chi connectivity index (χ0) is 24.9. The van der Waals surface area contributed by atoms with Gasteiger partial charge in [-0.15, -0.1) is 0 Å². The molecule has 0 spiro atoms. The Kier molecular flexibility index (Phi) is 11.7. The van der Waals surface area contributed by atoms with Crippen molar-refractivity contribution in [3.8, 4) is 0 Å². The summed E-state index contributed by atoms with van der Waals surface area (Å²) in [5, 5.41) is 2.80. The van der Waals surface area contributed by atoms with E-state index in [9.17, 15) is 9.59 Å². The van der Waals surface area contributed by atoms with Crippen LogP contribution in [0.15, 0.2) is 33.1 Å². The third kappa shape index (κ3) is 8.44. The van der Waals surface area contributed by atoms with Crippen LogP contribution in [0.4, 0.5) is 0 Å². The smallest absolute Gasteiger partial charge is 0.289 e. The number of nitrogens with zero attached hydrogens (tertiary/aromatic N) is 1. The van der Waals surface area contributed by atoms with Crippen molar-refractivity contribution in [3.05, 3.63) is 35.8 Å². The van der Waals surface area contributed by atoms with Gasteiger partial charge in [-0.2, -0.15) is 0 Å². The fourth-order valence-corrected chi connectivity index (χ4v) is 5.70. The Balaban J connectivity index is 1.56. The average Bonchev–Trinajstić information content (AvgIpc) is 3.57. The number of hydrogen-bond acceptors (Lipinski definition) is 8. The van der Waals surface area contributed by atoms with E-state index in [1.807, 2.05) is 12.1 Å². The third-order valence-electron chi connectivity index (χ3n) is 5.35. The molecule has 0 aromatic carbocycles. The Morgan fingerprint density at radius 1 is 1.00 bits per heavy atom. The van der Waals surface area contributed by atoms with Crippen LogP contribution in [0.25, 0.3) is 0 Å². The minimum Gasteiger partial charge on any atom is -0.451 e. The third-order valence-corrected chi connectivity index (χ3v) is 7.66. The molecule has 1 atom stereocenters. The molecule has 2 amide bonds. The molecule has 1 unspecified atom stereocenters. The number of ether oxygens (including phenoxy) is 3. The summed E-state index contributed by atoms with van der Waals surface area (Å²) in [6, 6.07) is 7.09. The molecule has 0 radical (unpaired) electrons. The van der Waals surface area contributed by atoms with Crippen LogP contribution in [0.1, 0.15) is 40.9 Å². The molecule has 10 nitrogen and oxygen atoms in total. The fraction of sp³-hybridized carbons (Fsp3) is 0.583. The maximum absolute atomic E-state index is 12.8. The first-order valence-corrected chi connectivity index (χ1v) is 13.6. The normalized spacial score (nSPS) is 14.7. The van der Waals surface area contributed by atoms with Gasteiger partial charge in [0.05, 0.1) is 39.6 Å². The average molecular weight is 510 g/mol. The number of furan rings is 2. The summed E-state index contributed by atoms with van der Waals surface area (Å²) >= 11 is 0. The quantitative estimate of drug-likeness (QED) is 0.272. The Morgan fingerprint density at radius 3 is 2.34 bits per heavy atom. The molecule has 0 aliphatic carbocycles. The number of carbonyl (C=O) groups is 2. The minimum atomic E-state index is -0.965. The Hall–Kier alpha value is -2.23. The predicted molar refractivity (Wildman–Crippen MR) is 133 cm³/mol. The molecule has 1 fully saturated rings. The van der Waals surface area contributed by atoms with Crippen LogP contribution in [-0.4, -0.2) is 88.7 Å². The fourth-order valence-electron chi connectivity index (χ4n) is 3.48. The molecule has 3 heterocycles. The van der Waals surface area contributed by atoms with E-state index >= 15 is 0 Å². The zero-order valence-electron chi connectivity index (χ0n) is 20.3. The highest BCUT2D eigenvalue weighted by Gasteiger charge is 2.26. The lowest BCUT2D eigenvalue weighted by Crippen LogP contribution is -2.40. The molecule has 0 saturated carbocycles. The molecule has 1 aliphatic rings. The van der Waals surface area contributed by atoms with E-state index < -0.39 is 7.92 Å². The second kappa shape index (κ2) is 15.0. The number of morpholine rings is 1. The lowest BCUT2D eigenvalue weighted by Gasteiger charge is -2.25. The lowest BCUT2D eigenvalue weighted by atomic mass is 10.3. The van der Waals surface area contributed by atoms with Gasteiger partial charge in [-0.05, 0) is 36.8 Å². The van der Waals surface area contributed by atoms with Crippen molar-refractivity contribution < 1.29 is 32.6 Å². The predicted octanol–water partition coefficient (Wildman–Crippen LogP) is 1.30. The maximum atomic E-state index is 12.8. The van der Waals surface area contributed by atoms with Gasteiger partial charge in [0, 0.05) is 34.1 Å². The molecule has 3 N–H and O–H groups in total. The van der Waals surface area contributed by atoms with Crippen molar-refractivity contribution in [2.24, 2.45) is 5.73 Å². The van der Waals surface area contributed by atoms with E-state index in [4.69, 9.17) is 28.8 Å². The number of amides is 2. The molecular weight excluding hydrogens is 473 g/mol. The van der Waals surface area contributed by atoms with Crippen LogP contribution in [0, 0.1) is 0 Å². The summed E-state index contributed by atoms with van der Waals surface area (Å²) in [7, 11) is -0.965. The monoisotopic (exact) mass is 509 g/mol. The van der Waals surface area contributed by atoms with E-state index in [1.165, 1.54) is 0 Å². The molecule has 1 aliphatic heterocycles. The standard InChI is InChI=1S/C24H36N3O7P/c1-2-3-18-35(22-7-5-20(34-22)24(29)27-10-14-32-15-11-27)21-6-4-19(33-21)23(28)26-9-13-31-17-16-30-12-8-25/h4-7H,2-3,8-18,25H2,1H3,(H,26,28). The summed E-state index contributed by atoms with van der Waals surface area (Å²) in [6.45, 7) is 6.96. The van der Waals surface area contributed by atoms with Crippen molar-refractivity contribution in [3.63, 3.8) is 0 Å². The van der Waals surface area contributed by atoms with Crippen LogP contribution >= 0.6 is 7.92 Å². The number of nitrogens with two attached hydrogens (primary N) is 1. The molecule has 1 saturated heterocycles. The topological polar surface area (TPSA) is 129 Å². The summed E-state index contributed by atoms with van der Waals surface area (Å²) in [5.74, 6) is 0.139. The Labute approximate surface area is 207 Å². The minimum absolute atomic E-state index is 0.127. The van der Waals surface area contributed by atoms with Crippen LogP contribution in [0.2, 0.25) is 0 Å². The van der Waals surface area contributed by atoms with Crippen molar-refractivity contribution in [1.82, 2.24) is 10.2 Å². The first kappa shape index (κ1) is 27.4. The van der Waals surface area contributed by atoms with Gasteiger partial charge >= 0.3 is 0 Å². The van der Waals surface area contributed by atoms with E-state index in [2.05, 4.69) is 12.2 Å². The number of hydrogen-bond donors (Lipinski definition) is 2. The van der Waals surface area contributed by atoms with Crippen LogP contribution in [0.5, 0.6) is 0 Å². The number of unbranched alkanes of at least 4 members (excludes halogenated alkanes) is 1. The number of rotatable bonds is 15. The molecule has 11 heteroatoms. The summed E-state index contributed by atoms with van der Waals surface area (Å²) in [4.78, 5) is 27.0. The second-order valence-corrected chi connectivity index (χ2v) is 10.1. The van der Waals surface area contributed by atoms with Gasteiger partial charge in [0.15, 0.2) is 11.5 Å². The van der Waals surface area contributed by atoms with Crippen LogP contribution < -0.4 is 22.1 Å². The molecular formula is C24H36N3O7P. The van der Waals surface area contributed by atoms with E-state index in [1.54, 1.807) is 17.0 Å². The van der Waals surface area contributed by atoms with Gasteiger partial charge in [-0.3, -0.25) is 9.59 Å². The molecule has 194 valence electrons. The molecule has 35 heavy (non-hydrogen) atoms. The van der Waals surface area contributed by atoms with Crippen LogP contribution in [0.3, 0.4) is 0 Å². The van der Waals surface area contributed by atoms with E-state index in [0.29, 0.717) is 77.1 Å². The molecule has 2 aromatic rings.